The van der Waals surface area contributed by atoms with Gasteiger partial charge in [0, 0.05) is 30.2 Å². The number of amides is 3. The van der Waals surface area contributed by atoms with Gasteiger partial charge in [-0.05, 0) is 87.1 Å². The van der Waals surface area contributed by atoms with Crippen LogP contribution in [0, 0.1) is 35.0 Å². The molecule has 1 aromatic carbocycles. The lowest BCUT2D eigenvalue weighted by Crippen LogP contribution is -2.62. The van der Waals surface area contributed by atoms with Gasteiger partial charge in [-0.3, -0.25) is 9.63 Å². The number of carbonyl (C=O) groups excluding carboxylic acids is 2. The summed E-state index contributed by atoms with van der Waals surface area (Å²) < 4.78 is 0. The molecule has 4 fully saturated rings. The second kappa shape index (κ2) is 13.8. The molecule has 5 N–H and O–H groups in total. The van der Waals surface area contributed by atoms with Crippen LogP contribution in [0.2, 0.25) is 0 Å². The van der Waals surface area contributed by atoms with Crippen molar-refractivity contribution in [1.82, 2.24) is 20.6 Å². The summed E-state index contributed by atoms with van der Waals surface area (Å²) in [5.74, 6) is 1.24. The molecule has 1 saturated heterocycles. The predicted molar refractivity (Wildman–Crippen MR) is 168 cm³/mol. The molecule has 4 aliphatic rings. The zero-order valence-electron chi connectivity index (χ0n) is 27.3. The summed E-state index contributed by atoms with van der Waals surface area (Å²) >= 11 is 0. The van der Waals surface area contributed by atoms with Gasteiger partial charge < -0.3 is 31.1 Å². The van der Waals surface area contributed by atoms with E-state index in [1.54, 1.807) is 12.0 Å². The number of hydroxylamine groups is 2. The van der Waals surface area contributed by atoms with Crippen molar-refractivity contribution in [2.24, 2.45) is 35.0 Å². The first kappa shape index (κ1) is 33.6. The standard InChI is InChI=1S/C33H55N5O5/c1-19(2)12-25(17-37(7)8)35-32(42)34-24-11-9-10-22(13-24)16-38-30(29(21(4)40)28(18-39)43-38)31(41)36-27-15-23-14-26(20(27)3)33(23,5)6/h9-11,13,19-21,23,25-30,39-40H,12,14-18H2,1-8H3,(H,36,41)(H2,34,35,42)/t20?,21-,23+,25+,26-,27-,28-,29+,30-/m0/s1. The van der Waals surface area contributed by atoms with Crippen LogP contribution in [0.25, 0.3) is 0 Å². The molecule has 43 heavy (non-hydrogen) atoms. The molecule has 0 spiro atoms. The quantitative estimate of drug-likeness (QED) is 0.249. The number of anilines is 1. The van der Waals surface area contributed by atoms with Gasteiger partial charge in [-0.2, -0.15) is 5.06 Å². The molecule has 242 valence electrons. The Hall–Kier alpha value is -2.24. The summed E-state index contributed by atoms with van der Waals surface area (Å²) in [6, 6.07) is 6.53. The summed E-state index contributed by atoms with van der Waals surface area (Å²) in [7, 11) is 3.99. The van der Waals surface area contributed by atoms with E-state index in [4.69, 9.17) is 4.84 Å². The first-order chi connectivity index (χ1) is 20.2. The third kappa shape index (κ3) is 7.71. The van der Waals surface area contributed by atoms with Crippen molar-refractivity contribution < 1.29 is 24.6 Å². The van der Waals surface area contributed by atoms with Crippen LogP contribution in [0.4, 0.5) is 10.5 Å². The molecular weight excluding hydrogens is 546 g/mol. The number of benzene rings is 1. The third-order valence-corrected chi connectivity index (χ3v) is 10.3. The second-order valence-electron chi connectivity index (χ2n) is 14.6. The lowest BCUT2D eigenvalue weighted by molar-refractivity contribution is -0.183. The van der Waals surface area contributed by atoms with Gasteiger partial charge in [-0.15, -0.1) is 0 Å². The van der Waals surface area contributed by atoms with Crippen LogP contribution < -0.4 is 16.0 Å². The van der Waals surface area contributed by atoms with Gasteiger partial charge in [-0.1, -0.05) is 46.8 Å². The van der Waals surface area contributed by atoms with Gasteiger partial charge in [0.15, 0.2) is 0 Å². The van der Waals surface area contributed by atoms with E-state index in [0.717, 1.165) is 24.9 Å². The Morgan fingerprint density at radius 3 is 2.49 bits per heavy atom. The minimum Gasteiger partial charge on any atom is -0.394 e. The average Bonchev–Trinajstić information content (AvgIpc) is 3.27. The van der Waals surface area contributed by atoms with E-state index in [-0.39, 0.29) is 37.2 Å². The van der Waals surface area contributed by atoms with Gasteiger partial charge in [0.2, 0.25) is 5.91 Å². The Bertz CT molecular complexity index is 1100. The minimum absolute atomic E-state index is 0.0205. The number of hydrogen-bond acceptors (Lipinski definition) is 7. The molecule has 1 unspecified atom stereocenters. The number of hydrogen-bond donors (Lipinski definition) is 5. The van der Waals surface area contributed by atoms with E-state index in [1.807, 2.05) is 38.4 Å². The first-order valence-corrected chi connectivity index (χ1v) is 16.0. The average molecular weight is 602 g/mol. The van der Waals surface area contributed by atoms with E-state index in [1.165, 1.54) is 6.42 Å². The molecule has 3 amide bonds. The number of carbonyl (C=O) groups is 2. The van der Waals surface area contributed by atoms with Gasteiger partial charge in [0.1, 0.15) is 12.1 Å². The third-order valence-electron chi connectivity index (χ3n) is 10.3. The van der Waals surface area contributed by atoms with E-state index >= 15 is 0 Å². The summed E-state index contributed by atoms with van der Waals surface area (Å²) in [5, 5.41) is 31.8. The number of rotatable bonds is 12. The number of aliphatic hydroxyl groups is 2. The number of likely N-dealkylation sites (N-methyl/N-ethyl adjacent to an activating group) is 1. The van der Waals surface area contributed by atoms with Crippen LogP contribution in [0.3, 0.4) is 0 Å². The van der Waals surface area contributed by atoms with E-state index in [9.17, 15) is 19.8 Å². The highest BCUT2D eigenvalue weighted by Crippen LogP contribution is 2.61. The number of nitrogens with one attached hydrogen (secondary N) is 3. The van der Waals surface area contributed by atoms with E-state index < -0.39 is 24.2 Å². The predicted octanol–water partition coefficient (Wildman–Crippen LogP) is 3.45. The molecule has 1 aromatic rings. The molecule has 1 aliphatic heterocycles. The zero-order valence-corrected chi connectivity index (χ0v) is 27.3. The fourth-order valence-electron chi connectivity index (χ4n) is 7.95. The zero-order chi connectivity index (χ0) is 31.6. The van der Waals surface area contributed by atoms with E-state index in [0.29, 0.717) is 34.8 Å². The Morgan fingerprint density at radius 2 is 1.91 bits per heavy atom. The van der Waals surface area contributed by atoms with Crippen molar-refractivity contribution in [3.63, 3.8) is 0 Å². The van der Waals surface area contributed by atoms with E-state index in [2.05, 4.69) is 55.5 Å². The summed E-state index contributed by atoms with van der Waals surface area (Å²) in [4.78, 5) is 34.9. The highest BCUT2D eigenvalue weighted by Gasteiger charge is 2.57. The molecule has 3 saturated carbocycles. The smallest absolute Gasteiger partial charge is 0.319 e. The largest absolute Gasteiger partial charge is 0.394 e. The second-order valence-corrected chi connectivity index (χ2v) is 14.6. The molecule has 0 aromatic heterocycles. The topological polar surface area (TPSA) is 126 Å². The van der Waals surface area contributed by atoms with Gasteiger partial charge >= 0.3 is 6.03 Å². The number of aliphatic hydroxyl groups excluding tert-OH is 2. The summed E-state index contributed by atoms with van der Waals surface area (Å²) in [5.41, 5.74) is 1.77. The molecule has 1 heterocycles. The maximum absolute atomic E-state index is 13.9. The van der Waals surface area contributed by atoms with Crippen LogP contribution in [0.15, 0.2) is 24.3 Å². The fraction of sp³-hybridized carbons (Fsp3) is 0.758. The lowest BCUT2D eigenvalue weighted by atomic mass is 9.45. The van der Waals surface area contributed by atoms with Crippen molar-refractivity contribution in [2.75, 3.05) is 32.6 Å². The Labute approximate surface area is 257 Å². The summed E-state index contributed by atoms with van der Waals surface area (Å²) in [6.45, 7) is 13.5. The van der Waals surface area contributed by atoms with Crippen LogP contribution >= 0.6 is 0 Å². The highest BCUT2D eigenvalue weighted by atomic mass is 16.7. The van der Waals surface area contributed by atoms with Crippen LogP contribution in [-0.2, 0) is 16.2 Å². The molecule has 3 aliphatic carbocycles. The highest BCUT2D eigenvalue weighted by molar-refractivity contribution is 5.89. The molecular formula is C33H55N5O5. The van der Waals surface area contributed by atoms with Gasteiger partial charge in [0.05, 0.1) is 19.3 Å². The molecule has 9 atom stereocenters. The monoisotopic (exact) mass is 601 g/mol. The van der Waals surface area contributed by atoms with Crippen molar-refractivity contribution in [3.05, 3.63) is 29.8 Å². The minimum atomic E-state index is -0.855. The Kier molecular flexibility index (Phi) is 10.8. The number of urea groups is 1. The SMILES string of the molecule is CC(C)C[C@H](CN(C)C)NC(=O)Nc1cccc(CN2O[C@@H](CO)[C@@H]([C@H](C)O)[C@H]2C(=O)N[C@H]2C[C@H]3C[C@@H](C2C)C3(C)C)c1. The summed E-state index contributed by atoms with van der Waals surface area (Å²) in [6.07, 6.45) is 1.49. The Balaban J connectivity index is 1.45. The first-order valence-electron chi connectivity index (χ1n) is 16.0. The van der Waals surface area contributed by atoms with Gasteiger partial charge in [-0.25, -0.2) is 4.79 Å². The molecule has 5 rings (SSSR count). The Morgan fingerprint density at radius 1 is 1.19 bits per heavy atom. The van der Waals surface area contributed by atoms with Crippen molar-refractivity contribution >= 4 is 17.6 Å². The van der Waals surface area contributed by atoms with Crippen molar-refractivity contribution in [1.29, 1.82) is 0 Å². The van der Waals surface area contributed by atoms with Crippen molar-refractivity contribution in [3.8, 4) is 0 Å². The van der Waals surface area contributed by atoms with Crippen LogP contribution in [0.5, 0.6) is 0 Å². The van der Waals surface area contributed by atoms with Gasteiger partial charge in [0.25, 0.3) is 0 Å². The fourth-order valence-corrected chi connectivity index (χ4v) is 7.95. The molecule has 10 heteroatoms. The number of nitrogens with zero attached hydrogens (tertiary/aromatic N) is 2. The number of fused-ring (bicyclic) bond motifs is 2. The van der Waals surface area contributed by atoms with Crippen LogP contribution in [0.1, 0.15) is 66.4 Å². The van der Waals surface area contributed by atoms with Crippen LogP contribution in [-0.4, -0.2) is 89.7 Å². The molecule has 2 bridgehead atoms. The molecule has 0 radical (unpaired) electrons. The normalized spacial score (nSPS) is 31.4. The maximum atomic E-state index is 13.9. The lowest BCUT2D eigenvalue weighted by Gasteiger charge is -2.62. The van der Waals surface area contributed by atoms with Crippen molar-refractivity contribution in [2.45, 2.75) is 97.7 Å². The maximum Gasteiger partial charge on any atom is 0.319 e. The molecule has 10 nitrogen and oxygen atoms in total.